The number of para-hydroxylation sites is 1. The van der Waals surface area contributed by atoms with Crippen molar-refractivity contribution in [3.8, 4) is 5.75 Å². The van der Waals surface area contributed by atoms with E-state index < -0.39 is 0 Å². The van der Waals surface area contributed by atoms with Crippen LogP contribution in [-0.2, 0) is 30.5 Å². The number of methoxy groups -OCH3 is 1. The van der Waals surface area contributed by atoms with Crippen molar-refractivity contribution in [3.63, 3.8) is 0 Å². The first kappa shape index (κ1) is 25.3. The van der Waals surface area contributed by atoms with Crippen molar-refractivity contribution < 1.29 is 14.3 Å². The van der Waals surface area contributed by atoms with Gasteiger partial charge in [-0.15, -0.1) is 0 Å². The first-order valence-electron chi connectivity index (χ1n) is 13.2. The predicted octanol–water partition coefficient (Wildman–Crippen LogP) is 7.37. The molecule has 4 aromatic rings. The summed E-state index contributed by atoms with van der Waals surface area (Å²) in [5.74, 6) is 0.358. The molecule has 0 radical (unpaired) electrons. The Hall–Kier alpha value is -4.31. The number of hydrogen-bond acceptors (Lipinski definition) is 4. The first-order valence-corrected chi connectivity index (χ1v) is 13.2. The fourth-order valence-corrected chi connectivity index (χ4v) is 5.09. The van der Waals surface area contributed by atoms with Crippen LogP contribution in [0.1, 0.15) is 50.7 Å². The van der Waals surface area contributed by atoms with Gasteiger partial charge in [0, 0.05) is 12.2 Å². The number of carbonyl (C=O) groups excluding carboxylic acids is 1. The maximum atomic E-state index is 11.8. The Morgan fingerprint density at radius 3 is 2.37 bits per heavy atom. The Balaban J connectivity index is 1.47. The van der Waals surface area contributed by atoms with E-state index in [1.54, 1.807) is 12.1 Å². The molecule has 0 aromatic heterocycles. The van der Waals surface area contributed by atoms with Gasteiger partial charge in [0.05, 0.1) is 12.7 Å². The van der Waals surface area contributed by atoms with Gasteiger partial charge >= 0.3 is 5.97 Å². The molecular formula is C34H33NO3. The number of ether oxygens (including phenoxy) is 2. The molecule has 4 aromatic carbocycles. The molecule has 4 heteroatoms. The molecule has 0 unspecified atom stereocenters. The van der Waals surface area contributed by atoms with E-state index in [9.17, 15) is 4.79 Å². The lowest BCUT2D eigenvalue weighted by atomic mass is 9.90. The van der Waals surface area contributed by atoms with Crippen LogP contribution in [0.3, 0.4) is 0 Å². The van der Waals surface area contributed by atoms with Gasteiger partial charge in [0.1, 0.15) is 12.4 Å². The molecule has 0 atom stereocenters. The number of benzene rings is 4. The molecule has 0 spiro atoms. The second kappa shape index (κ2) is 11.8. The van der Waals surface area contributed by atoms with Gasteiger partial charge in [0.15, 0.2) is 0 Å². The second-order valence-electron chi connectivity index (χ2n) is 9.49. The van der Waals surface area contributed by atoms with E-state index in [4.69, 9.17) is 9.47 Å². The lowest BCUT2D eigenvalue weighted by molar-refractivity contribution is 0.0600. The van der Waals surface area contributed by atoms with Crippen LogP contribution in [0.2, 0.25) is 0 Å². The number of nitrogens with one attached hydrogen (secondary N) is 1. The number of anilines is 1. The molecule has 4 nitrogen and oxygen atoms in total. The third-order valence-corrected chi connectivity index (χ3v) is 7.15. The third kappa shape index (κ3) is 5.65. The summed E-state index contributed by atoms with van der Waals surface area (Å²) < 4.78 is 11.1. The Morgan fingerprint density at radius 2 is 1.61 bits per heavy atom. The average molecular weight is 504 g/mol. The largest absolute Gasteiger partial charge is 0.489 e. The molecular weight excluding hydrogens is 470 g/mol. The number of hydrogen-bond donors (Lipinski definition) is 1. The SMILES string of the molecule is CCc1cccc2c1CNc1c(cccc1CCc1ccccc1)/C=C\2COc1ccc(C(=O)OC)cc1. The quantitative estimate of drug-likeness (QED) is 0.255. The molecule has 0 saturated heterocycles. The molecule has 1 aliphatic heterocycles. The van der Waals surface area contributed by atoms with Gasteiger partial charge in [-0.1, -0.05) is 73.7 Å². The van der Waals surface area contributed by atoms with Gasteiger partial charge < -0.3 is 14.8 Å². The Bertz CT molecular complexity index is 1440. The van der Waals surface area contributed by atoms with Crippen LogP contribution < -0.4 is 10.1 Å². The zero-order valence-corrected chi connectivity index (χ0v) is 22.0. The molecule has 0 fully saturated rings. The molecule has 0 bridgehead atoms. The Kier molecular flexibility index (Phi) is 7.89. The third-order valence-electron chi connectivity index (χ3n) is 7.15. The van der Waals surface area contributed by atoms with E-state index in [0.717, 1.165) is 31.4 Å². The highest BCUT2D eigenvalue weighted by Gasteiger charge is 2.18. The van der Waals surface area contributed by atoms with Gasteiger partial charge in [-0.2, -0.15) is 0 Å². The lowest BCUT2D eigenvalue weighted by Gasteiger charge is -2.24. The van der Waals surface area contributed by atoms with E-state index in [2.05, 4.69) is 85.0 Å². The average Bonchev–Trinajstić information content (AvgIpc) is 2.96. The number of rotatable bonds is 8. The summed E-state index contributed by atoms with van der Waals surface area (Å²) in [4.78, 5) is 11.8. The maximum Gasteiger partial charge on any atom is 0.337 e. The minimum Gasteiger partial charge on any atom is -0.489 e. The smallest absolute Gasteiger partial charge is 0.337 e. The van der Waals surface area contributed by atoms with E-state index in [-0.39, 0.29) is 5.97 Å². The Labute approximate surface area is 224 Å². The zero-order valence-electron chi connectivity index (χ0n) is 22.0. The standard InChI is InChI=1S/C34H33NO3/c1-3-25-11-8-14-31-29(23-38-30-19-17-27(18-20-30)34(36)37-2)21-28-13-7-12-26(33(28)35-22-32(25)31)16-15-24-9-5-4-6-10-24/h4-14,17-21,35H,3,15-16,22-23H2,1-2H3/b29-21-. The molecule has 0 amide bonds. The van der Waals surface area contributed by atoms with E-state index in [1.165, 1.54) is 46.2 Å². The van der Waals surface area contributed by atoms with Crippen LogP contribution >= 0.6 is 0 Å². The topological polar surface area (TPSA) is 47.6 Å². The molecule has 0 saturated carbocycles. The summed E-state index contributed by atoms with van der Waals surface area (Å²) in [6, 6.07) is 30.8. The summed E-state index contributed by atoms with van der Waals surface area (Å²) in [6.07, 6.45) is 5.19. The molecule has 1 aliphatic rings. The first-order chi connectivity index (χ1) is 18.7. The highest BCUT2D eigenvalue weighted by Crippen LogP contribution is 2.34. The van der Waals surface area contributed by atoms with Crippen molar-refractivity contribution in [1.82, 2.24) is 0 Å². The number of carbonyl (C=O) groups is 1. The zero-order chi connectivity index (χ0) is 26.3. The van der Waals surface area contributed by atoms with Crippen LogP contribution in [0, 0.1) is 0 Å². The van der Waals surface area contributed by atoms with Gasteiger partial charge in [0.25, 0.3) is 0 Å². The summed E-state index contributed by atoms with van der Waals surface area (Å²) in [7, 11) is 1.38. The van der Waals surface area contributed by atoms with Gasteiger partial charge in [-0.05, 0) is 88.6 Å². The molecule has 0 aliphatic carbocycles. The molecule has 38 heavy (non-hydrogen) atoms. The highest BCUT2D eigenvalue weighted by molar-refractivity contribution is 5.90. The van der Waals surface area contributed by atoms with Crippen molar-refractivity contribution in [2.24, 2.45) is 0 Å². The summed E-state index contributed by atoms with van der Waals surface area (Å²) in [5, 5.41) is 3.79. The Morgan fingerprint density at radius 1 is 0.842 bits per heavy atom. The van der Waals surface area contributed by atoms with Crippen LogP contribution in [-0.4, -0.2) is 19.7 Å². The molecule has 192 valence electrons. The van der Waals surface area contributed by atoms with Crippen molar-refractivity contribution >= 4 is 23.3 Å². The molecule has 5 rings (SSSR count). The van der Waals surface area contributed by atoms with Crippen molar-refractivity contribution in [1.29, 1.82) is 0 Å². The molecule has 1 N–H and O–H groups in total. The van der Waals surface area contributed by atoms with Gasteiger partial charge in [-0.3, -0.25) is 0 Å². The number of esters is 1. The summed E-state index contributed by atoms with van der Waals surface area (Å²) in [6.45, 7) is 3.39. The van der Waals surface area contributed by atoms with Crippen LogP contribution in [0.25, 0.3) is 11.6 Å². The minimum absolute atomic E-state index is 0.354. The molecule has 1 heterocycles. The van der Waals surface area contributed by atoms with Crippen molar-refractivity contribution in [2.45, 2.75) is 32.7 Å². The van der Waals surface area contributed by atoms with Gasteiger partial charge in [-0.25, -0.2) is 4.79 Å². The van der Waals surface area contributed by atoms with Crippen LogP contribution in [0.4, 0.5) is 5.69 Å². The number of aryl methyl sites for hydroxylation is 3. The fraction of sp³-hybridized carbons (Fsp3) is 0.206. The second-order valence-corrected chi connectivity index (χ2v) is 9.49. The van der Waals surface area contributed by atoms with E-state index in [0.29, 0.717) is 17.9 Å². The van der Waals surface area contributed by atoms with Crippen LogP contribution in [0.15, 0.2) is 91.0 Å². The minimum atomic E-state index is -0.354. The monoisotopic (exact) mass is 503 g/mol. The fourth-order valence-electron chi connectivity index (χ4n) is 5.09. The van der Waals surface area contributed by atoms with Crippen molar-refractivity contribution in [2.75, 3.05) is 19.0 Å². The highest BCUT2D eigenvalue weighted by atomic mass is 16.5. The lowest BCUT2D eigenvalue weighted by Crippen LogP contribution is -2.13. The normalized spacial score (nSPS) is 13.6. The van der Waals surface area contributed by atoms with E-state index >= 15 is 0 Å². The van der Waals surface area contributed by atoms with Gasteiger partial charge in [0.2, 0.25) is 0 Å². The van der Waals surface area contributed by atoms with Crippen molar-refractivity contribution in [3.05, 3.63) is 130 Å². The van der Waals surface area contributed by atoms with E-state index in [1.807, 2.05) is 12.1 Å². The summed E-state index contributed by atoms with van der Waals surface area (Å²) >= 11 is 0. The number of fused-ring (bicyclic) bond motifs is 2. The summed E-state index contributed by atoms with van der Waals surface area (Å²) in [5.41, 5.74) is 10.5. The van der Waals surface area contributed by atoms with Crippen LogP contribution in [0.5, 0.6) is 5.75 Å². The predicted molar refractivity (Wildman–Crippen MR) is 155 cm³/mol. The maximum absolute atomic E-state index is 11.8.